The molecule has 1 heterocycles. The van der Waals surface area contributed by atoms with Gasteiger partial charge in [-0.05, 0) is 6.92 Å². The summed E-state index contributed by atoms with van der Waals surface area (Å²) in [7, 11) is 0. The SMILES string of the molecule is Cc1c[nH]c(N)c(C(F)F)c1=O. The van der Waals surface area contributed by atoms with Gasteiger partial charge in [-0.2, -0.15) is 0 Å². The predicted octanol–water partition coefficient (Wildman–Crippen LogP) is 1.20. The standard InChI is InChI=1S/C7H8F2N2O/c1-3-2-11-7(10)4(5(3)12)6(8)9/h2,6H,1H3,(H3,10,11,12). The molecule has 0 spiro atoms. The highest BCUT2D eigenvalue weighted by Crippen LogP contribution is 2.19. The minimum atomic E-state index is -2.83. The molecule has 0 fully saturated rings. The number of aromatic amines is 1. The van der Waals surface area contributed by atoms with E-state index in [1.54, 1.807) is 0 Å². The van der Waals surface area contributed by atoms with Crippen molar-refractivity contribution >= 4 is 5.82 Å². The molecule has 0 amide bonds. The number of halogens is 2. The van der Waals surface area contributed by atoms with Gasteiger partial charge in [0.15, 0.2) is 5.43 Å². The number of nitrogens with one attached hydrogen (secondary N) is 1. The number of nitrogens with two attached hydrogens (primary N) is 1. The number of rotatable bonds is 1. The number of H-pyrrole nitrogens is 1. The number of aromatic nitrogens is 1. The van der Waals surface area contributed by atoms with Crippen LogP contribution < -0.4 is 11.2 Å². The summed E-state index contributed by atoms with van der Waals surface area (Å²) >= 11 is 0. The third-order valence-corrected chi connectivity index (χ3v) is 1.56. The molecule has 66 valence electrons. The number of alkyl halides is 2. The molecule has 3 nitrogen and oxygen atoms in total. The van der Waals surface area contributed by atoms with Gasteiger partial charge < -0.3 is 10.7 Å². The van der Waals surface area contributed by atoms with E-state index in [0.29, 0.717) is 0 Å². The minimum Gasteiger partial charge on any atom is -0.385 e. The van der Waals surface area contributed by atoms with E-state index in [-0.39, 0.29) is 11.4 Å². The Bertz CT molecular complexity index is 346. The van der Waals surface area contributed by atoms with Gasteiger partial charge >= 0.3 is 0 Å². The Morgan fingerprint density at radius 3 is 2.58 bits per heavy atom. The average Bonchev–Trinajstić information content (AvgIpc) is 1.97. The largest absolute Gasteiger partial charge is 0.385 e. The zero-order chi connectivity index (χ0) is 9.30. The van der Waals surface area contributed by atoms with Gasteiger partial charge in [0.05, 0.1) is 0 Å². The zero-order valence-corrected chi connectivity index (χ0v) is 6.40. The van der Waals surface area contributed by atoms with Gasteiger partial charge in [-0.25, -0.2) is 8.78 Å². The van der Waals surface area contributed by atoms with Crippen LogP contribution in [0.1, 0.15) is 17.6 Å². The first-order chi connectivity index (χ1) is 5.54. The summed E-state index contributed by atoms with van der Waals surface area (Å²) in [6.07, 6.45) is -1.52. The van der Waals surface area contributed by atoms with Gasteiger partial charge in [-0.3, -0.25) is 4.79 Å². The molecule has 3 N–H and O–H groups in total. The Balaban J connectivity index is 3.44. The van der Waals surface area contributed by atoms with E-state index in [0.717, 1.165) is 0 Å². The van der Waals surface area contributed by atoms with E-state index >= 15 is 0 Å². The maximum Gasteiger partial charge on any atom is 0.271 e. The van der Waals surface area contributed by atoms with E-state index < -0.39 is 17.4 Å². The van der Waals surface area contributed by atoms with Crippen LogP contribution in [-0.2, 0) is 0 Å². The average molecular weight is 174 g/mol. The molecule has 0 atom stereocenters. The highest BCUT2D eigenvalue weighted by molar-refractivity contribution is 5.41. The van der Waals surface area contributed by atoms with Crippen LogP contribution in [0.2, 0.25) is 0 Å². The summed E-state index contributed by atoms with van der Waals surface area (Å²) in [5.41, 5.74) is 4.05. The van der Waals surface area contributed by atoms with Crippen molar-refractivity contribution in [2.45, 2.75) is 13.3 Å². The van der Waals surface area contributed by atoms with Gasteiger partial charge in [0.2, 0.25) is 0 Å². The van der Waals surface area contributed by atoms with Crippen molar-refractivity contribution in [3.05, 3.63) is 27.5 Å². The lowest BCUT2D eigenvalue weighted by Gasteiger charge is -2.03. The van der Waals surface area contributed by atoms with Crippen LogP contribution >= 0.6 is 0 Å². The van der Waals surface area contributed by atoms with Gasteiger partial charge in [-0.1, -0.05) is 0 Å². The minimum absolute atomic E-state index is 0.236. The lowest BCUT2D eigenvalue weighted by molar-refractivity contribution is 0.150. The van der Waals surface area contributed by atoms with Crippen molar-refractivity contribution in [3.63, 3.8) is 0 Å². The van der Waals surface area contributed by atoms with Crippen molar-refractivity contribution in [1.82, 2.24) is 4.98 Å². The highest BCUT2D eigenvalue weighted by atomic mass is 19.3. The topological polar surface area (TPSA) is 58.9 Å². The third kappa shape index (κ3) is 1.30. The number of anilines is 1. The molecule has 0 aromatic carbocycles. The summed E-state index contributed by atoms with van der Waals surface area (Å²) in [6, 6.07) is 0. The van der Waals surface area contributed by atoms with Gasteiger partial charge in [0.25, 0.3) is 6.43 Å². The van der Waals surface area contributed by atoms with Crippen molar-refractivity contribution in [1.29, 1.82) is 0 Å². The van der Waals surface area contributed by atoms with Crippen molar-refractivity contribution < 1.29 is 8.78 Å². The molecular weight excluding hydrogens is 166 g/mol. The molecule has 0 saturated heterocycles. The molecular formula is C7H8F2N2O. The molecule has 0 saturated carbocycles. The summed E-state index contributed by atoms with van der Waals surface area (Å²) in [4.78, 5) is 13.4. The summed E-state index contributed by atoms with van der Waals surface area (Å²) in [5.74, 6) is -0.263. The fraction of sp³-hybridized carbons (Fsp3) is 0.286. The summed E-state index contributed by atoms with van der Waals surface area (Å²) < 4.78 is 24.3. The lowest BCUT2D eigenvalue weighted by Crippen LogP contribution is -2.16. The molecule has 1 aromatic heterocycles. The zero-order valence-electron chi connectivity index (χ0n) is 6.40. The Hall–Kier alpha value is -1.39. The quantitative estimate of drug-likeness (QED) is 0.672. The lowest BCUT2D eigenvalue weighted by atomic mass is 10.2. The Kier molecular flexibility index (Phi) is 2.12. The van der Waals surface area contributed by atoms with Crippen molar-refractivity contribution in [2.75, 3.05) is 5.73 Å². The monoisotopic (exact) mass is 174 g/mol. The molecule has 0 radical (unpaired) electrons. The van der Waals surface area contributed by atoms with Crippen molar-refractivity contribution in [3.8, 4) is 0 Å². The molecule has 0 aliphatic heterocycles. The van der Waals surface area contributed by atoms with Gasteiger partial charge in [0.1, 0.15) is 11.4 Å². The molecule has 0 bridgehead atoms. The van der Waals surface area contributed by atoms with Crippen LogP contribution in [0.25, 0.3) is 0 Å². The smallest absolute Gasteiger partial charge is 0.271 e. The molecule has 12 heavy (non-hydrogen) atoms. The summed E-state index contributed by atoms with van der Waals surface area (Å²) in [5, 5.41) is 0. The molecule has 0 aliphatic rings. The second kappa shape index (κ2) is 2.92. The summed E-state index contributed by atoms with van der Waals surface area (Å²) in [6.45, 7) is 1.45. The fourth-order valence-corrected chi connectivity index (χ4v) is 0.881. The first-order valence-corrected chi connectivity index (χ1v) is 3.30. The van der Waals surface area contributed by atoms with Crippen LogP contribution in [0.3, 0.4) is 0 Å². The molecule has 0 aliphatic carbocycles. The second-order valence-corrected chi connectivity index (χ2v) is 2.43. The Morgan fingerprint density at radius 2 is 2.17 bits per heavy atom. The Morgan fingerprint density at radius 1 is 1.58 bits per heavy atom. The second-order valence-electron chi connectivity index (χ2n) is 2.43. The van der Waals surface area contributed by atoms with E-state index in [1.165, 1.54) is 13.1 Å². The van der Waals surface area contributed by atoms with Crippen LogP contribution in [0.4, 0.5) is 14.6 Å². The maximum atomic E-state index is 12.2. The predicted molar refractivity (Wildman–Crippen MR) is 41.2 cm³/mol. The third-order valence-electron chi connectivity index (χ3n) is 1.56. The van der Waals surface area contributed by atoms with Crippen LogP contribution in [0, 0.1) is 6.92 Å². The number of hydrogen-bond acceptors (Lipinski definition) is 2. The van der Waals surface area contributed by atoms with E-state index in [2.05, 4.69) is 4.98 Å². The Labute approximate surface area is 67.2 Å². The number of aryl methyl sites for hydroxylation is 1. The van der Waals surface area contributed by atoms with Gasteiger partial charge in [-0.15, -0.1) is 0 Å². The first-order valence-electron chi connectivity index (χ1n) is 3.30. The highest BCUT2D eigenvalue weighted by Gasteiger charge is 2.16. The first kappa shape index (κ1) is 8.70. The van der Waals surface area contributed by atoms with Gasteiger partial charge in [0, 0.05) is 11.8 Å². The maximum absolute atomic E-state index is 12.2. The number of hydrogen-bond donors (Lipinski definition) is 2. The van der Waals surface area contributed by atoms with Crippen LogP contribution in [-0.4, -0.2) is 4.98 Å². The normalized spacial score (nSPS) is 10.7. The molecule has 1 aromatic rings. The number of nitrogen functional groups attached to an aromatic ring is 1. The molecule has 5 heteroatoms. The molecule has 1 rings (SSSR count). The van der Waals surface area contributed by atoms with Crippen LogP contribution in [0.15, 0.2) is 11.0 Å². The fourth-order valence-electron chi connectivity index (χ4n) is 0.881. The molecule has 0 unspecified atom stereocenters. The van der Waals surface area contributed by atoms with E-state index in [4.69, 9.17) is 5.73 Å². The van der Waals surface area contributed by atoms with Crippen LogP contribution in [0.5, 0.6) is 0 Å². The van der Waals surface area contributed by atoms with E-state index in [9.17, 15) is 13.6 Å². The van der Waals surface area contributed by atoms with E-state index in [1.807, 2.05) is 0 Å². The number of pyridine rings is 1. The van der Waals surface area contributed by atoms with Crippen molar-refractivity contribution in [2.24, 2.45) is 0 Å².